The van der Waals surface area contributed by atoms with E-state index in [0.717, 1.165) is 25.2 Å². The molecule has 0 amide bonds. The largest absolute Gasteiger partial charge is 0.465 e. The third-order valence-electron chi connectivity index (χ3n) is 4.79. The zero-order valence-corrected chi connectivity index (χ0v) is 16.1. The van der Waals surface area contributed by atoms with E-state index in [0.29, 0.717) is 17.7 Å². The molecule has 6 nitrogen and oxygen atoms in total. The molecule has 1 aromatic heterocycles. The Bertz CT molecular complexity index is 834. The second kappa shape index (κ2) is 8.50. The molecule has 3 rings (SSSR count). The highest BCUT2D eigenvalue weighted by Crippen LogP contribution is 2.17. The number of esters is 1. The van der Waals surface area contributed by atoms with Crippen LogP contribution < -0.4 is 5.56 Å². The summed E-state index contributed by atoms with van der Waals surface area (Å²) in [6.07, 6.45) is 2.25. The Morgan fingerprint density at radius 2 is 1.78 bits per heavy atom. The summed E-state index contributed by atoms with van der Waals surface area (Å²) in [5.41, 5.74) is 1.85. The van der Waals surface area contributed by atoms with Gasteiger partial charge in [-0.1, -0.05) is 12.1 Å². The van der Waals surface area contributed by atoms with Crippen LogP contribution in [-0.2, 0) is 16.0 Å². The van der Waals surface area contributed by atoms with Gasteiger partial charge in [0, 0.05) is 37.9 Å². The number of carbonyl (C=O) groups excluding carboxylic acids is 1. The molecule has 0 spiro atoms. The Balaban J connectivity index is 1.74. The number of rotatable bonds is 5. The molecular weight excluding hydrogens is 344 g/mol. The fourth-order valence-electron chi connectivity index (χ4n) is 3.55. The van der Waals surface area contributed by atoms with Crippen LogP contribution in [0.4, 0.5) is 0 Å². The molecule has 144 valence electrons. The molecule has 2 aromatic rings. The van der Waals surface area contributed by atoms with Crippen LogP contribution in [0.15, 0.2) is 47.4 Å². The first-order valence-electron chi connectivity index (χ1n) is 9.24. The highest BCUT2D eigenvalue weighted by atomic mass is 16.5. The fraction of sp³-hybridized carbons (Fsp3) is 0.429. The molecule has 0 N–H and O–H groups in total. The summed E-state index contributed by atoms with van der Waals surface area (Å²) in [4.78, 5) is 26.8. The first-order chi connectivity index (χ1) is 13.0. The van der Waals surface area contributed by atoms with E-state index >= 15 is 0 Å². The first-order valence-corrected chi connectivity index (χ1v) is 9.24. The van der Waals surface area contributed by atoms with E-state index in [1.807, 2.05) is 18.3 Å². The highest BCUT2D eigenvalue weighted by molar-refractivity contribution is 5.89. The molecule has 0 aliphatic carbocycles. The molecule has 2 atom stereocenters. The average molecular weight is 370 g/mol. The Kier molecular flexibility index (Phi) is 6.08. The number of nitrogens with zero attached hydrogens (tertiary/aromatic N) is 2. The average Bonchev–Trinajstić information content (AvgIpc) is 2.66. The lowest BCUT2D eigenvalue weighted by Crippen LogP contribution is -2.46. The van der Waals surface area contributed by atoms with Crippen LogP contribution in [0.3, 0.4) is 0 Å². The van der Waals surface area contributed by atoms with Crippen molar-refractivity contribution in [3.63, 3.8) is 0 Å². The molecule has 6 heteroatoms. The van der Waals surface area contributed by atoms with Crippen molar-refractivity contribution in [2.75, 3.05) is 26.7 Å². The summed E-state index contributed by atoms with van der Waals surface area (Å²) < 4.78 is 12.2. The summed E-state index contributed by atoms with van der Waals surface area (Å²) >= 11 is 0. The van der Waals surface area contributed by atoms with Crippen molar-refractivity contribution < 1.29 is 14.3 Å². The maximum absolute atomic E-state index is 12.9. The highest BCUT2D eigenvalue weighted by Gasteiger charge is 2.21. The van der Waals surface area contributed by atoms with Crippen LogP contribution in [0.2, 0.25) is 0 Å². The van der Waals surface area contributed by atoms with Gasteiger partial charge in [0.15, 0.2) is 0 Å². The third-order valence-corrected chi connectivity index (χ3v) is 4.79. The monoisotopic (exact) mass is 370 g/mol. The van der Waals surface area contributed by atoms with Gasteiger partial charge in [-0.3, -0.25) is 9.69 Å². The molecule has 1 saturated heterocycles. The second-order valence-corrected chi connectivity index (χ2v) is 7.01. The minimum absolute atomic E-state index is 0.0299. The Hall–Kier alpha value is -2.44. The van der Waals surface area contributed by atoms with Gasteiger partial charge in [-0.2, -0.15) is 0 Å². The van der Waals surface area contributed by atoms with E-state index in [2.05, 4.69) is 18.7 Å². The molecule has 0 saturated carbocycles. The van der Waals surface area contributed by atoms with Crippen LogP contribution in [-0.4, -0.2) is 54.4 Å². The molecule has 2 unspecified atom stereocenters. The lowest BCUT2D eigenvalue weighted by Gasteiger charge is -2.35. The smallest absolute Gasteiger partial charge is 0.337 e. The van der Waals surface area contributed by atoms with Gasteiger partial charge in [0.1, 0.15) is 0 Å². The van der Waals surface area contributed by atoms with Crippen LogP contribution in [0.25, 0.3) is 11.1 Å². The van der Waals surface area contributed by atoms with E-state index in [9.17, 15) is 9.59 Å². The normalized spacial score (nSPS) is 20.4. The summed E-state index contributed by atoms with van der Waals surface area (Å²) in [5.74, 6) is -0.388. The molecule has 1 fully saturated rings. The van der Waals surface area contributed by atoms with Gasteiger partial charge < -0.3 is 14.0 Å². The number of aromatic nitrogens is 1. The standard InChI is InChI=1S/C21H26N2O4/c1-15-13-22(14-16(2)27-15)11-12-23-10-4-5-19(20(23)24)17-6-8-18(9-7-17)21(25)26-3/h4-10,15-16H,11-14H2,1-3H3. The summed E-state index contributed by atoms with van der Waals surface area (Å²) in [6.45, 7) is 7.36. The number of pyridine rings is 1. The summed E-state index contributed by atoms with van der Waals surface area (Å²) in [6, 6.07) is 10.6. The van der Waals surface area contributed by atoms with Crippen LogP contribution >= 0.6 is 0 Å². The number of ether oxygens (including phenoxy) is 2. The Labute approximate surface area is 159 Å². The predicted octanol–water partition coefficient (Wildman–Crippen LogP) is 2.41. The van der Waals surface area contributed by atoms with E-state index in [4.69, 9.17) is 9.47 Å². The van der Waals surface area contributed by atoms with Crippen molar-refractivity contribution in [3.8, 4) is 11.1 Å². The number of methoxy groups -OCH3 is 1. The van der Waals surface area contributed by atoms with Crippen molar-refractivity contribution in [1.29, 1.82) is 0 Å². The number of morpholine rings is 1. The number of carbonyl (C=O) groups is 1. The first kappa shape index (κ1) is 19.3. The van der Waals surface area contributed by atoms with Crippen LogP contribution in [0, 0.1) is 0 Å². The number of benzene rings is 1. The van der Waals surface area contributed by atoms with Crippen molar-refractivity contribution in [2.45, 2.75) is 32.6 Å². The molecule has 1 aliphatic heterocycles. The quantitative estimate of drug-likeness (QED) is 0.757. The van der Waals surface area contributed by atoms with E-state index in [1.54, 1.807) is 28.8 Å². The lowest BCUT2D eigenvalue weighted by atomic mass is 10.1. The van der Waals surface area contributed by atoms with Gasteiger partial charge in [0.2, 0.25) is 0 Å². The SMILES string of the molecule is COC(=O)c1ccc(-c2cccn(CCN3CC(C)OC(C)C3)c2=O)cc1. The van der Waals surface area contributed by atoms with Gasteiger partial charge in [0.05, 0.1) is 24.9 Å². The topological polar surface area (TPSA) is 60.8 Å². The Morgan fingerprint density at radius 1 is 1.11 bits per heavy atom. The number of hydrogen-bond acceptors (Lipinski definition) is 5. The summed E-state index contributed by atoms with van der Waals surface area (Å²) in [7, 11) is 1.35. The molecule has 2 heterocycles. The second-order valence-electron chi connectivity index (χ2n) is 7.01. The molecule has 27 heavy (non-hydrogen) atoms. The predicted molar refractivity (Wildman–Crippen MR) is 104 cm³/mol. The molecule has 0 bridgehead atoms. The van der Waals surface area contributed by atoms with Crippen molar-refractivity contribution >= 4 is 5.97 Å². The molecular formula is C21H26N2O4. The minimum Gasteiger partial charge on any atom is -0.465 e. The van der Waals surface area contributed by atoms with Crippen LogP contribution in [0.1, 0.15) is 24.2 Å². The minimum atomic E-state index is -0.388. The molecule has 0 radical (unpaired) electrons. The van der Waals surface area contributed by atoms with E-state index in [1.165, 1.54) is 7.11 Å². The third kappa shape index (κ3) is 4.64. The maximum atomic E-state index is 12.9. The summed E-state index contributed by atoms with van der Waals surface area (Å²) in [5, 5.41) is 0. The van der Waals surface area contributed by atoms with Gasteiger partial charge in [0.25, 0.3) is 5.56 Å². The van der Waals surface area contributed by atoms with Crippen molar-refractivity contribution in [2.24, 2.45) is 0 Å². The molecule has 1 aliphatic rings. The maximum Gasteiger partial charge on any atom is 0.337 e. The van der Waals surface area contributed by atoms with Gasteiger partial charge in [-0.15, -0.1) is 0 Å². The number of hydrogen-bond donors (Lipinski definition) is 0. The fourth-order valence-corrected chi connectivity index (χ4v) is 3.55. The van der Waals surface area contributed by atoms with E-state index < -0.39 is 0 Å². The zero-order chi connectivity index (χ0) is 19.4. The van der Waals surface area contributed by atoms with Crippen LogP contribution in [0.5, 0.6) is 0 Å². The zero-order valence-electron chi connectivity index (χ0n) is 16.1. The molecule has 1 aromatic carbocycles. The van der Waals surface area contributed by atoms with Gasteiger partial charge >= 0.3 is 5.97 Å². The van der Waals surface area contributed by atoms with Gasteiger partial charge in [-0.25, -0.2) is 4.79 Å². The lowest BCUT2D eigenvalue weighted by molar-refractivity contribution is -0.0686. The van der Waals surface area contributed by atoms with Crippen molar-refractivity contribution in [3.05, 3.63) is 58.5 Å². The van der Waals surface area contributed by atoms with Crippen molar-refractivity contribution in [1.82, 2.24) is 9.47 Å². The Morgan fingerprint density at radius 3 is 2.41 bits per heavy atom. The van der Waals surface area contributed by atoms with E-state index in [-0.39, 0.29) is 23.7 Å². The van der Waals surface area contributed by atoms with Gasteiger partial charge in [-0.05, 0) is 43.7 Å².